The van der Waals surface area contributed by atoms with Crippen molar-refractivity contribution >= 4 is 15.9 Å². The second kappa shape index (κ2) is 4.35. The van der Waals surface area contributed by atoms with Gasteiger partial charge in [-0.3, -0.25) is 4.68 Å². The van der Waals surface area contributed by atoms with E-state index >= 15 is 0 Å². The number of benzene rings is 1. The maximum Gasteiger partial charge on any atom is 0.124 e. The van der Waals surface area contributed by atoms with Crippen molar-refractivity contribution in [1.82, 2.24) is 9.78 Å². The third kappa shape index (κ3) is 2.15. The Balaban J connectivity index is 2.37. The number of halogens is 2. The molecule has 2 rings (SSSR count). The Morgan fingerprint density at radius 1 is 1.50 bits per heavy atom. The Bertz CT molecular complexity index is 510. The lowest BCUT2D eigenvalue weighted by atomic mass is 10.0. The number of hydrogen-bond acceptors (Lipinski definition) is 2. The predicted molar refractivity (Wildman–Crippen MR) is 63.3 cm³/mol. The smallest absolute Gasteiger partial charge is 0.124 e. The maximum atomic E-state index is 12.9. The molecule has 0 saturated carbocycles. The summed E-state index contributed by atoms with van der Waals surface area (Å²) in [5, 5.41) is 4.06. The largest absolute Gasteiger partial charge is 0.320 e. The summed E-state index contributed by atoms with van der Waals surface area (Å²) in [5.41, 5.74) is 7.81. The molecule has 3 nitrogen and oxygen atoms in total. The van der Waals surface area contributed by atoms with E-state index in [2.05, 4.69) is 21.0 Å². The summed E-state index contributed by atoms with van der Waals surface area (Å²) in [5.74, 6) is -0.283. The molecular weight excluding hydrogens is 273 g/mol. The van der Waals surface area contributed by atoms with Gasteiger partial charge in [0.2, 0.25) is 0 Å². The molecule has 0 aliphatic carbocycles. The molecule has 0 aliphatic rings. The first-order valence-electron chi connectivity index (χ1n) is 4.77. The lowest BCUT2D eigenvalue weighted by Gasteiger charge is -2.11. The Morgan fingerprint density at radius 2 is 2.25 bits per heavy atom. The molecule has 0 spiro atoms. The zero-order valence-electron chi connectivity index (χ0n) is 8.69. The number of nitrogens with zero attached hydrogens (tertiary/aromatic N) is 2. The van der Waals surface area contributed by atoms with E-state index in [0.717, 1.165) is 11.1 Å². The number of hydrogen-bond donors (Lipinski definition) is 1. The number of nitrogens with two attached hydrogens (primary N) is 1. The first-order chi connectivity index (χ1) is 7.58. The molecule has 84 valence electrons. The van der Waals surface area contributed by atoms with Crippen LogP contribution in [0.5, 0.6) is 0 Å². The van der Waals surface area contributed by atoms with Crippen LogP contribution in [0.25, 0.3) is 0 Å². The minimum absolute atomic E-state index is 0.283. The highest BCUT2D eigenvalue weighted by atomic mass is 79.9. The Morgan fingerprint density at radius 3 is 2.81 bits per heavy atom. The highest BCUT2D eigenvalue weighted by molar-refractivity contribution is 9.10. The van der Waals surface area contributed by atoms with E-state index in [0.29, 0.717) is 4.47 Å². The SMILES string of the molecule is Cn1cc(C(N)c2ccc(F)cc2Br)cn1. The van der Waals surface area contributed by atoms with Crippen molar-refractivity contribution in [2.24, 2.45) is 12.8 Å². The molecular formula is C11H11BrFN3. The number of aryl methyl sites for hydroxylation is 1. The van der Waals surface area contributed by atoms with Crippen molar-refractivity contribution in [3.05, 3.63) is 52.0 Å². The van der Waals surface area contributed by atoms with Crippen LogP contribution in [0.1, 0.15) is 17.2 Å². The molecule has 1 unspecified atom stereocenters. The van der Waals surface area contributed by atoms with Crippen molar-refractivity contribution in [2.75, 3.05) is 0 Å². The van der Waals surface area contributed by atoms with Gasteiger partial charge in [0.25, 0.3) is 0 Å². The lowest BCUT2D eigenvalue weighted by molar-refractivity contribution is 0.625. The number of rotatable bonds is 2. The van der Waals surface area contributed by atoms with Gasteiger partial charge in [0.15, 0.2) is 0 Å². The summed E-state index contributed by atoms with van der Waals surface area (Å²) in [7, 11) is 1.83. The fourth-order valence-corrected chi connectivity index (χ4v) is 2.13. The molecule has 0 aliphatic heterocycles. The summed E-state index contributed by atoms with van der Waals surface area (Å²) in [6.45, 7) is 0. The molecule has 1 heterocycles. The average molecular weight is 284 g/mol. The third-order valence-electron chi connectivity index (χ3n) is 2.38. The molecule has 1 aromatic carbocycles. The highest BCUT2D eigenvalue weighted by Gasteiger charge is 2.14. The molecule has 0 saturated heterocycles. The van der Waals surface area contributed by atoms with Crippen molar-refractivity contribution < 1.29 is 4.39 Å². The Hall–Kier alpha value is -1.20. The molecule has 5 heteroatoms. The fraction of sp³-hybridized carbons (Fsp3) is 0.182. The highest BCUT2D eigenvalue weighted by Crippen LogP contribution is 2.27. The van der Waals surface area contributed by atoms with E-state index < -0.39 is 0 Å². The van der Waals surface area contributed by atoms with Gasteiger partial charge in [0, 0.05) is 23.3 Å². The molecule has 2 aromatic rings. The second-order valence-corrected chi connectivity index (χ2v) is 4.45. The lowest BCUT2D eigenvalue weighted by Crippen LogP contribution is -2.11. The van der Waals surface area contributed by atoms with E-state index in [9.17, 15) is 4.39 Å². The molecule has 0 amide bonds. The first kappa shape index (κ1) is 11.3. The van der Waals surface area contributed by atoms with Crippen LogP contribution in [0.15, 0.2) is 35.1 Å². The van der Waals surface area contributed by atoms with Gasteiger partial charge < -0.3 is 5.73 Å². The second-order valence-electron chi connectivity index (χ2n) is 3.59. The summed E-state index contributed by atoms with van der Waals surface area (Å²) in [6.07, 6.45) is 3.56. The van der Waals surface area contributed by atoms with Crippen LogP contribution in [0, 0.1) is 5.82 Å². The van der Waals surface area contributed by atoms with Crippen LogP contribution in [0.2, 0.25) is 0 Å². The number of aromatic nitrogens is 2. The minimum Gasteiger partial charge on any atom is -0.320 e. The van der Waals surface area contributed by atoms with Gasteiger partial charge in [-0.1, -0.05) is 22.0 Å². The van der Waals surface area contributed by atoms with Gasteiger partial charge in [-0.05, 0) is 17.7 Å². The standard InChI is InChI=1S/C11H11BrFN3/c1-16-6-7(5-15-16)11(14)9-3-2-8(13)4-10(9)12/h2-6,11H,14H2,1H3. The van der Waals surface area contributed by atoms with Crippen LogP contribution < -0.4 is 5.73 Å². The summed E-state index contributed by atoms with van der Waals surface area (Å²) in [6, 6.07) is 4.18. The zero-order valence-corrected chi connectivity index (χ0v) is 10.3. The van der Waals surface area contributed by atoms with Gasteiger partial charge in [0.1, 0.15) is 5.82 Å². The van der Waals surface area contributed by atoms with Gasteiger partial charge in [-0.2, -0.15) is 5.10 Å². The fourth-order valence-electron chi connectivity index (χ4n) is 1.53. The predicted octanol–water partition coefficient (Wildman–Crippen LogP) is 2.37. The van der Waals surface area contributed by atoms with Crippen LogP contribution in [0.3, 0.4) is 0 Å². The molecule has 1 aromatic heterocycles. The van der Waals surface area contributed by atoms with Gasteiger partial charge in [-0.25, -0.2) is 4.39 Å². The van der Waals surface area contributed by atoms with E-state index in [-0.39, 0.29) is 11.9 Å². The van der Waals surface area contributed by atoms with Gasteiger partial charge >= 0.3 is 0 Å². The molecule has 0 bridgehead atoms. The maximum absolute atomic E-state index is 12.9. The van der Waals surface area contributed by atoms with Crippen molar-refractivity contribution in [1.29, 1.82) is 0 Å². The summed E-state index contributed by atoms with van der Waals surface area (Å²) < 4.78 is 15.3. The first-order valence-corrected chi connectivity index (χ1v) is 5.56. The zero-order chi connectivity index (χ0) is 11.7. The van der Waals surface area contributed by atoms with Crippen molar-refractivity contribution in [2.45, 2.75) is 6.04 Å². The third-order valence-corrected chi connectivity index (χ3v) is 3.07. The summed E-state index contributed by atoms with van der Waals surface area (Å²) in [4.78, 5) is 0. The van der Waals surface area contributed by atoms with E-state index in [4.69, 9.17) is 5.73 Å². The Labute approximate surface area is 101 Å². The topological polar surface area (TPSA) is 43.8 Å². The normalized spacial score (nSPS) is 12.8. The molecule has 0 radical (unpaired) electrons. The van der Waals surface area contributed by atoms with Crippen molar-refractivity contribution in [3.8, 4) is 0 Å². The quantitative estimate of drug-likeness (QED) is 0.920. The van der Waals surface area contributed by atoms with E-state index in [1.807, 2.05) is 13.2 Å². The van der Waals surface area contributed by atoms with Crippen LogP contribution >= 0.6 is 15.9 Å². The van der Waals surface area contributed by atoms with Crippen LogP contribution in [-0.4, -0.2) is 9.78 Å². The molecule has 1 atom stereocenters. The van der Waals surface area contributed by atoms with Gasteiger partial charge in [0.05, 0.1) is 12.2 Å². The minimum atomic E-state index is -0.302. The molecule has 2 N–H and O–H groups in total. The molecule has 16 heavy (non-hydrogen) atoms. The van der Waals surface area contributed by atoms with Crippen molar-refractivity contribution in [3.63, 3.8) is 0 Å². The molecule has 0 fully saturated rings. The van der Waals surface area contributed by atoms with E-state index in [1.165, 1.54) is 12.1 Å². The average Bonchev–Trinajstić information content (AvgIpc) is 2.64. The van der Waals surface area contributed by atoms with E-state index in [1.54, 1.807) is 16.9 Å². The summed E-state index contributed by atoms with van der Waals surface area (Å²) >= 11 is 3.30. The Kier molecular flexibility index (Phi) is 3.07. The van der Waals surface area contributed by atoms with Crippen LogP contribution in [-0.2, 0) is 7.05 Å². The monoisotopic (exact) mass is 283 g/mol. The van der Waals surface area contributed by atoms with Crippen LogP contribution in [0.4, 0.5) is 4.39 Å². The van der Waals surface area contributed by atoms with Gasteiger partial charge in [-0.15, -0.1) is 0 Å².